The van der Waals surface area contributed by atoms with Gasteiger partial charge < -0.3 is 4.74 Å². The van der Waals surface area contributed by atoms with Crippen molar-refractivity contribution in [2.24, 2.45) is 0 Å². The SMILES string of the molecule is Cc1cc(N2C(=O)CCS2(=O)=O)ccc1S(=O)(=O)N1CCOCC1C. The van der Waals surface area contributed by atoms with E-state index in [1.165, 1.54) is 22.5 Å². The van der Waals surface area contributed by atoms with Crippen LogP contribution in [0.25, 0.3) is 0 Å². The normalized spacial score (nSPS) is 24.6. The molecule has 0 aromatic heterocycles. The Kier molecular flexibility index (Phi) is 4.65. The van der Waals surface area contributed by atoms with Gasteiger partial charge in [-0.15, -0.1) is 0 Å². The molecule has 2 aliphatic heterocycles. The van der Waals surface area contributed by atoms with E-state index in [-0.39, 0.29) is 35.3 Å². The van der Waals surface area contributed by atoms with E-state index in [4.69, 9.17) is 4.74 Å². The van der Waals surface area contributed by atoms with Crippen LogP contribution in [0.3, 0.4) is 0 Å². The fraction of sp³-hybridized carbons (Fsp3) is 0.533. The van der Waals surface area contributed by atoms with Gasteiger partial charge in [0.2, 0.25) is 26.0 Å². The number of sulfonamides is 2. The van der Waals surface area contributed by atoms with Crippen molar-refractivity contribution in [3.8, 4) is 0 Å². The third-order valence-electron chi connectivity index (χ3n) is 4.36. The molecular formula is C15H20N2O6S2. The highest BCUT2D eigenvalue weighted by atomic mass is 32.2. The molecule has 25 heavy (non-hydrogen) atoms. The Hall–Kier alpha value is -1.49. The summed E-state index contributed by atoms with van der Waals surface area (Å²) in [4.78, 5) is 12.0. The number of benzene rings is 1. The van der Waals surface area contributed by atoms with Crippen LogP contribution in [0.15, 0.2) is 23.1 Å². The minimum Gasteiger partial charge on any atom is -0.378 e. The molecule has 0 spiro atoms. The molecule has 0 bridgehead atoms. The summed E-state index contributed by atoms with van der Waals surface area (Å²) in [6.45, 7) is 4.30. The monoisotopic (exact) mass is 388 g/mol. The number of ether oxygens (including phenoxy) is 1. The summed E-state index contributed by atoms with van der Waals surface area (Å²) in [5.74, 6) is -0.729. The van der Waals surface area contributed by atoms with Gasteiger partial charge >= 0.3 is 0 Å². The summed E-state index contributed by atoms with van der Waals surface area (Å²) < 4.78 is 57.3. The van der Waals surface area contributed by atoms with E-state index < -0.39 is 26.0 Å². The topological polar surface area (TPSA) is 101 Å². The molecule has 10 heteroatoms. The summed E-state index contributed by atoms with van der Waals surface area (Å²) in [6.07, 6.45) is -0.0628. The lowest BCUT2D eigenvalue weighted by atomic mass is 10.2. The molecule has 1 amide bonds. The third kappa shape index (κ3) is 3.19. The Morgan fingerprint density at radius 1 is 1.28 bits per heavy atom. The van der Waals surface area contributed by atoms with Crippen molar-refractivity contribution < 1.29 is 26.4 Å². The molecule has 8 nitrogen and oxygen atoms in total. The molecule has 2 saturated heterocycles. The molecule has 1 aromatic carbocycles. The minimum absolute atomic E-state index is 0.0628. The molecule has 1 unspecified atom stereocenters. The molecule has 2 fully saturated rings. The first kappa shape index (κ1) is 18.3. The molecule has 3 rings (SSSR count). The zero-order chi connectivity index (χ0) is 18.4. The van der Waals surface area contributed by atoms with Gasteiger partial charge in [0.05, 0.1) is 29.5 Å². The second kappa shape index (κ2) is 6.35. The maximum atomic E-state index is 12.9. The van der Waals surface area contributed by atoms with Crippen LogP contribution in [-0.2, 0) is 29.6 Å². The molecule has 2 aliphatic rings. The number of anilines is 1. The van der Waals surface area contributed by atoms with Gasteiger partial charge in [-0.1, -0.05) is 0 Å². The molecule has 1 aromatic rings. The van der Waals surface area contributed by atoms with E-state index >= 15 is 0 Å². The first-order valence-electron chi connectivity index (χ1n) is 7.90. The number of nitrogens with zero attached hydrogens (tertiary/aromatic N) is 2. The molecular weight excluding hydrogens is 368 g/mol. The van der Waals surface area contributed by atoms with Crippen molar-refractivity contribution >= 4 is 31.6 Å². The summed E-state index contributed by atoms with van der Waals surface area (Å²) >= 11 is 0. The fourth-order valence-electron chi connectivity index (χ4n) is 3.11. The second-order valence-electron chi connectivity index (χ2n) is 6.21. The van der Waals surface area contributed by atoms with Crippen LogP contribution in [0.4, 0.5) is 5.69 Å². The number of carbonyl (C=O) groups excluding carboxylic acids is 1. The molecule has 0 N–H and O–H groups in total. The van der Waals surface area contributed by atoms with Crippen molar-refractivity contribution in [2.45, 2.75) is 31.2 Å². The number of carbonyl (C=O) groups is 1. The molecule has 0 radical (unpaired) electrons. The number of hydrogen-bond acceptors (Lipinski definition) is 6. The van der Waals surface area contributed by atoms with Gasteiger partial charge in [0.15, 0.2) is 0 Å². The van der Waals surface area contributed by atoms with Crippen molar-refractivity contribution in [1.29, 1.82) is 0 Å². The van der Waals surface area contributed by atoms with Crippen molar-refractivity contribution in [3.63, 3.8) is 0 Å². The van der Waals surface area contributed by atoms with Gasteiger partial charge in [-0.3, -0.25) is 4.79 Å². The largest absolute Gasteiger partial charge is 0.378 e. The predicted octanol–water partition coefficient (Wildman–Crippen LogP) is 0.471. The van der Waals surface area contributed by atoms with E-state index in [0.29, 0.717) is 18.8 Å². The Morgan fingerprint density at radius 2 is 2.00 bits per heavy atom. The fourth-order valence-corrected chi connectivity index (χ4v) is 6.37. The van der Waals surface area contributed by atoms with Crippen molar-refractivity contribution in [3.05, 3.63) is 23.8 Å². The lowest BCUT2D eigenvalue weighted by Gasteiger charge is -2.32. The first-order chi connectivity index (χ1) is 11.6. The van der Waals surface area contributed by atoms with Crippen LogP contribution >= 0.6 is 0 Å². The number of rotatable bonds is 3. The summed E-state index contributed by atoms with van der Waals surface area (Å²) in [6, 6.07) is 3.88. The van der Waals surface area contributed by atoms with Gasteiger partial charge in [-0.05, 0) is 37.6 Å². The van der Waals surface area contributed by atoms with Gasteiger partial charge in [-0.25, -0.2) is 21.1 Å². The molecule has 138 valence electrons. The zero-order valence-corrected chi connectivity index (χ0v) is 15.6. The van der Waals surface area contributed by atoms with E-state index in [2.05, 4.69) is 0 Å². The van der Waals surface area contributed by atoms with E-state index in [1.54, 1.807) is 13.8 Å². The summed E-state index contributed by atoms with van der Waals surface area (Å²) in [5, 5.41) is 0. The average Bonchev–Trinajstić information content (AvgIpc) is 2.80. The highest BCUT2D eigenvalue weighted by Crippen LogP contribution is 2.30. The number of morpholine rings is 1. The summed E-state index contributed by atoms with van der Waals surface area (Å²) in [5.41, 5.74) is 0.570. The number of amides is 1. The third-order valence-corrected chi connectivity index (χ3v) is 8.23. The number of hydrogen-bond donors (Lipinski definition) is 0. The Bertz CT molecular complexity index is 910. The average molecular weight is 388 g/mol. The molecule has 0 saturated carbocycles. The smallest absolute Gasteiger partial charge is 0.243 e. The molecule has 1 atom stereocenters. The van der Waals surface area contributed by atoms with E-state index in [0.717, 1.165) is 4.31 Å². The first-order valence-corrected chi connectivity index (χ1v) is 11.0. The highest BCUT2D eigenvalue weighted by Gasteiger charge is 2.37. The minimum atomic E-state index is -3.72. The molecule has 0 aliphatic carbocycles. The lowest BCUT2D eigenvalue weighted by molar-refractivity contribution is -0.116. The number of aryl methyl sites for hydroxylation is 1. The van der Waals surface area contributed by atoms with Gasteiger partial charge in [0.1, 0.15) is 0 Å². The quantitative estimate of drug-likeness (QED) is 0.746. The Morgan fingerprint density at radius 3 is 2.56 bits per heavy atom. The van der Waals surface area contributed by atoms with Crippen LogP contribution in [-0.4, -0.2) is 58.6 Å². The van der Waals surface area contributed by atoms with Crippen molar-refractivity contribution in [1.82, 2.24) is 4.31 Å². The second-order valence-corrected chi connectivity index (χ2v) is 10.0. The van der Waals surface area contributed by atoms with E-state index in [9.17, 15) is 21.6 Å². The van der Waals surface area contributed by atoms with Gasteiger partial charge in [0.25, 0.3) is 0 Å². The van der Waals surface area contributed by atoms with Crippen LogP contribution in [0.2, 0.25) is 0 Å². The van der Waals surface area contributed by atoms with Crippen LogP contribution in [0, 0.1) is 6.92 Å². The molecule has 2 heterocycles. The van der Waals surface area contributed by atoms with E-state index in [1.807, 2.05) is 0 Å². The Labute approximate surface area is 147 Å². The van der Waals surface area contributed by atoms with Crippen LogP contribution < -0.4 is 4.31 Å². The summed E-state index contributed by atoms with van der Waals surface area (Å²) in [7, 11) is -7.40. The lowest BCUT2D eigenvalue weighted by Crippen LogP contribution is -2.47. The van der Waals surface area contributed by atoms with Crippen LogP contribution in [0.5, 0.6) is 0 Å². The standard InChI is InChI=1S/C15H20N2O6S2/c1-11-9-13(17-15(18)5-8-24(17,19)20)3-4-14(11)25(21,22)16-6-7-23-10-12(16)2/h3-4,9,12H,5-8,10H2,1-2H3. The van der Waals surface area contributed by atoms with Gasteiger partial charge in [0, 0.05) is 19.0 Å². The highest BCUT2D eigenvalue weighted by molar-refractivity contribution is 7.94. The Balaban J connectivity index is 1.99. The maximum Gasteiger partial charge on any atom is 0.243 e. The maximum absolute atomic E-state index is 12.9. The zero-order valence-electron chi connectivity index (χ0n) is 14.0. The van der Waals surface area contributed by atoms with Crippen molar-refractivity contribution in [2.75, 3.05) is 29.8 Å². The van der Waals surface area contributed by atoms with Gasteiger partial charge in [-0.2, -0.15) is 4.31 Å². The predicted molar refractivity (Wildman–Crippen MR) is 91.2 cm³/mol. The van der Waals surface area contributed by atoms with Crippen LogP contribution in [0.1, 0.15) is 18.9 Å².